The highest BCUT2D eigenvalue weighted by Gasteiger charge is 2.71. The molecule has 21 heavy (non-hydrogen) atoms. The molecule has 0 amide bonds. The van der Waals surface area contributed by atoms with E-state index in [-0.39, 0.29) is 6.08 Å². The molecule has 0 bridgehead atoms. The monoisotopic (exact) mass is 334 g/mol. The fourth-order valence-corrected chi connectivity index (χ4v) is 0.675. The molecular weight excluding hydrogens is 327 g/mol. The first kappa shape index (κ1) is 19.5. The highest BCUT2D eigenvalue weighted by atomic mass is 19.3. The van der Waals surface area contributed by atoms with Crippen LogP contribution in [-0.2, 0) is 14.3 Å². The number of rotatable bonds is 7. The lowest BCUT2D eigenvalue weighted by Crippen LogP contribution is -2.56. The topological polar surface area (TPSA) is 35.5 Å². The number of alkyl halides is 9. The molecule has 124 valence electrons. The lowest BCUT2D eigenvalue weighted by molar-refractivity contribution is -0.477. The van der Waals surface area contributed by atoms with Gasteiger partial charge in [0.2, 0.25) is 0 Å². The Morgan fingerprint density at radius 1 is 1.05 bits per heavy atom. The van der Waals surface area contributed by atoms with Gasteiger partial charge in [0.1, 0.15) is 0 Å². The van der Waals surface area contributed by atoms with Crippen LogP contribution in [-0.4, -0.2) is 36.4 Å². The molecule has 1 atom stereocenters. The van der Waals surface area contributed by atoms with Gasteiger partial charge in [-0.2, -0.15) is 39.5 Å². The summed E-state index contributed by atoms with van der Waals surface area (Å²) in [4.78, 5) is 10.4. The van der Waals surface area contributed by atoms with Crippen LogP contribution in [0, 0.1) is 0 Å². The predicted molar refractivity (Wildman–Crippen MR) is 47.7 cm³/mol. The van der Waals surface area contributed by atoms with Gasteiger partial charge in [0.05, 0.1) is 0 Å². The first-order valence-electron chi connectivity index (χ1n) is 4.77. The third-order valence-electron chi connectivity index (χ3n) is 1.83. The van der Waals surface area contributed by atoms with E-state index in [0.29, 0.717) is 0 Å². The Labute approximate surface area is 111 Å². The minimum Gasteiger partial charge on any atom is -0.421 e. The Morgan fingerprint density at radius 2 is 1.48 bits per heavy atom. The van der Waals surface area contributed by atoms with Crippen molar-refractivity contribution >= 4 is 5.97 Å². The first-order chi connectivity index (χ1) is 9.08. The van der Waals surface area contributed by atoms with Gasteiger partial charge in [0.25, 0.3) is 0 Å². The SMILES string of the molecule is C=CC(=O)OC(F)C(F)(F)C(F)(F)OC(F)(F)C(C)(F)F. The Morgan fingerprint density at radius 3 is 1.81 bits per heavy atom. The summed E-state index contributed by atoms with van der Waals surface area (Å²) in [7, 11) is 0. The lowest BCUT2D eigenvalue weighted by atomic mass is 10.3. The smallest absolute Gasteiger partial charge is 0.421 e. The summed E-state index contributed by atoms with van der Waals surface area (Å²) in [6.45, 7) is 2.03. The lowest BCUT2D eigenvalue weighted by Gasteiger charge is -2.32. The summed E-state index contributed by atoms with van der Waals surface area (Å²) in [5.74, 6) is -13.4. The first-order valence-corrected chi connectivity index (χ1v) is 4.77. The van der Waals surface area contributed by atoms with E-state index in [4.69, 9.17) is 0 Å². The van der Waals surface area contributed by atoms with Crippen molar-refractivity contribution in [3.8, 4) is 0 Å². The van der Waals surface area contributed by atoms with Crippen molar-refractivity contribution in [2.24, 2.45) is 0 Å². The van der Waals surface area contributed by atoms with Gasteiger partial charge in [-0.25, -0.2) is 9.53 Å². The number of esters is 1. The molecule has 0 spiro atoms. The van der Waals surface area contributed by atoms with Gasteiger partial charge in [0.15, 0.2) is 0 Å². The van der Waals surface area contributed by atoms with E-state index in [1.165, 1.54) is 0 Å². The zero-order chi connectivity index (χ0) is 17.3. The second-order valence-electron chi connectivity index (χ2n) is 3.60. The number of carbonyl (C=O) groups excluding carboxylic acids is 1. The van der Waals surface area contributed by atoms with Crippen molar-refractivity contribution in [1.29, 1.82) is 0 Å². The predicted octanol–water partition coefficient (Wildman–Crippen LogP) is 3.50. The van der Waals surface area contributed by atoms with Crippen LogP contribution in [0.15, 0.2) is 12.7 Å². The van der Waals surface area contributed by atoms with Gasteiger partial charge < -0.3 is 4.74 Å². The third kappa shape index (κ3) is 4.25. The Kier molecular flexibility index (Phi) is 5.34. The van der Waals surface area contributed by atoms with Crippen LogP contribution in [0.2, 0.25) is 0 Å². The van der Waals surface area contributed by atoms with Crippen molar-refractivity contribution in [3.63, 3.8) is 0 Å². The molecule has 1 unspecified atom stereocenters. The molecule has 0 saturated heterocycles. The molecule has 0 N–H and O–H groups in total. The van der Waals surface area contributed by atoms with Gasteiger partial charge in [-0.1, -0.05) is 6.58 Å². The second kappa shape index (κ2) is 5.73. The molecule has 0 aromatic carbocycles. The highest BCUT2D eigenvalue weighted by Crippen LogP contribution is 2.46. The molecule has 0 aliphatic rings. The van der Waals surface area contributed by atoms with Crippen LogP contribution in [0.1, 0.15) is 6.92 Å². The molecule has 0 aliphatic carbocycles. The number of ether oxygens (including phenoxy) is 2. The summed E-state index contributed by atoms with van der Waals surface area (Å²) in [5.41, 5.74) is 0. The zero-order valence-corrected chi connectivity index (χ0v) is 9.99. The summed E-state index contributed by atoms with van der Waals surface area (Å²) in [6, 6.07) is 0. The normalized spacial score (nSPS) is 15.5. The maximum Gasteiger partial charge on any atom is 0.430 e. The zero-order valence-electron chi connectivity index (χ0n) is 9.99. The molecular formula is C9H7F9O3. The van der Waals surface area contributed by atoms with E-state index < -0.39 is 43.3 Å². The average Bonchev–Trinajstić information content (AvgIpc) is 2.25. The molecule has 0 aromatic heterocycles. The van der Waals surface area contributed by atoms with E-state index >= 15 is 0 Å². The highest BCUT2D eigenvalue weighted by molar-refractivity contribution is 5.81. The van der Waals surface area contributed by atoms with Gasteiger partial charge in [-0.15, -0.1) is 0 Å². The molecule has 0 fully saturated rings. The quantitative estimate of drug-likeness (QED) is 0.406. The largest absolute Gasteiger partial charge is 0.430 e. The van der Waals surface area contributed by atoms with Gasteiger partial charge in [0, 0.05) is 13.0 Å². The van der Waals surface area contributed by atoms with Gasteiger partial charge in [-0.05, 0) is 0 Å². The van der Waals surface area contributed by atoms with E-state index in [2.05, 4.69) is 16.1 Å². The Balaban J connectivity index is 5.29. The summed E-state index contributed by atoms with van der Waals surface area (Å²) in [5, 5.41) is 0. The minimum absolute atomic E-state index is 0.108. The summed E-state index contributed by atoms with van der Waals surface area (Å²) < 4.78 is 119. The van der Waals surface area contributed by atoms with E-state index in [1.807, 2.05) is 0 Å². The maximum atomic E-state index is 12.9. The Hall–Kier alpha value is -1.46. The number of hydrogen-bond donors (Lipinski definition) is 0. The molecule has 12 heteroatoms. The van der Waals surface area contributed by atoms with Gasteiger partial charge in [-0.3, -0.25) is 0 Å². The molecule has 0 aromatic rings. The van der Waals surface area contributed by atoms with Crippen molar-refractivity contribution in [2.45, 2.75) is 37.3 Å². The number of halogens is 9. The second-order valence-corrected chi connectivity index (χ2v) is 3.60. The van der Waals surface area contributed by atoms with Crippen LogP contribution in [0.3, 0.4) is 0 Å². The fraction of sp³-hybridized carbons (Fsp3) is 0.667. The molecule has 0 radical (unpaired) electrons. The molecule has 3 nitrogen and oxygen atoms in total. The van der Waals surface area contributed by atoms with Crippen LogP contribution < -0.4 is 0 Å². The van der Waals surface area contributed by atoms with Crippen LogP contribution in [0.5, 0.6) is 0 Å². The summed E-state index contributed by atoms with van der Waals surface area (Å²) in [6.07, 6.45) is -16.8. The van der Waals surface area contributed by atoms with Crippen molar-refractivity contribution in [3.05, 3.63) is 12.7 Å². The number of carbonyl (C=O) groups is 1. The maximum absolute atomic E-state index is 12.9. The molecule has 0 heterocycles. The van der Waals surface area contributed by atoms with E-state index in [1.54, 1.807) is 0 Å². The van der Waals surface area contributed by atoms with Crippen LogP contribution >= 0.6 is 0 Å². The minimum atomic E-state index is -6.41. The van der Waals surface area contributed by atoms with Crippen molar-refractivity contribution in [2.75, 3.05) is 0 Å². The van der Waals surface area contributed by atoms with Crippen molar-refractivity contribution < 1.29 is 53.8 Å². The molecule has 0 saturated carbocycles. The third-order valence-corrected chi connectivity index (χ3v) is 1.83. The van der Waals surface area contributed by atoms with E-state index in [9.17, 15) is 44.3 Å². The Bertz CT molecular complexity index is 402. The fourth-order valence-electron chi connectivity index (χ4n) is 0.675. The molecule has 0 aliphatic heterocycles. The summed E-state index contributed by atoms with van der Waals surface area (Å²) >= 11 is 0. The van der Waals surface area contributed by atoms with Crippen molar-refractivity contribution in [1.82, 2.24) is 0 Å². The standard InChI is InChI=1S/C9H7F9O3/c1-3-4(19)20-5(10)7(13,14)9(17,18)21-8(15,16)6(2,11)12/h3,5H,1H2,2H3. The molecule has 0 rings (SSSR count). The van der Waals surface area contributed by atoms with Crippen LogP contribution in [0.4, 0.5) is 39.5 Å². The average molecular weight is 334 g/mol. The van der Waals surface area contributed by atoms with Crippen LogP contribution in [0.25, 0.3) is 0 Å². The number of hydrogen-bond acceptors (Lipinski definition) is 3. The van der Waals surface area contributed by atoms with Gasteiger partial charge >= 0.3 is 36.4 Å². The van der Waals surface area contributed by atoms with E-state index in [0.717, 1.165) is 0 Å².